The van der Waals surface area contributed by atoms with Gasteiger partial charge in [-0.2, -0.15) is 0 Å². The molecule has 0 spiro atoms. The first kappa shape index (κ1) is 13.7. The molecule has 3 heteroatoms. The molecule has 0 radical (unpaired) electrons. The number of anilines is 2. The number of hydrogen-bond donors (Lipinski definition) is 2. The van der Waals surface area contributed by atoms with E-state index in [0.717, 1.165) is 41.0 Å². The number of amides is 1. The first-order valence-electron chi connectivity index (χ1n) is 7.39. The van der Waals surface area contributed by atoms with Gasteiger partial charge in [0.1, 0.15) is 0 Å². The Labute approximate surface area is 125 Å². The Hall–Kier alpha value is -2.29. The van der Waals surface area contributed by atoms with Crippen LogP contribution in [0.3, 0.4) is 0 Å². The van der Waals surface area contributed by atoms with Gasteiger partial charge in [0.2, 0.25) is 0 Å². The van der Waals surface area contributed by atoms with E-state index in [1.807, 2.05) is 44.2 Å². The van der Waals surface area contributed by atoms with E-state index in [0.29, 0.717) is 0 Å². The molecule has 0 unspecified atom stereocenters. The Morgan fingerprint density at radius 1 is 1.14 bits per heavy atom. The van der Waals surface area contributed by atoms with Gasteiger partial charge in [0.15, 0.2) is 0 Å². The first-order valence-corrected chi connectivity index (χ1v) is 7.39. The van der Waals surface area contributed by atoms with Crippen molar-refractivity contribution < 1.29 is 4.79 Å². The fraction of sp³-hybridized carbons (Fsp3) is 0.278. The van der Waals surface area contributed by atoms with Gasteiger partial charge in [-0.25, -0.2) is 0 Å². The zero-order chi connectivity index (χ0) is 14.8. The van der Waals surface area contributed by atoms with Crippen molar-refractivity contribution in [3.05, 3.63) is 58.7 Å². The normalized spacial score (nSPS) is 13.2. The Balaban J connectivity index is 1.85. The molecular formula is C18H20N2O. The standard InChI is InChI=1S/C18H20N2O/c1-12-5-3-6-13(2)17(12)18(21)20-15-9-8-14-7-4-10-19-16(14)11-15/h3,5-6,8-9,11,19H,4,7,10H2,1-2H3,(H,20,21). The van der Waals surface area contributed by atoms with Gasteiger partial charge in [-0.05, 0) is 55.5 Å². The highest BCUT2D eigenvalue weighted by Crippen LogP contribution is 2.26. The van der Waals surface area contributed by atoms with Crippen molar-refractivity contribution >= 4 is 17.3 Å². The van der Waals surface area contributed by atoms with Gasteiger partial charge >= 0.3 is 0 Å². The zero-order valence-electron chi connectivity index (χ0n) is 12.5. The lowest BCUT2D eigenvalue weighted by atomic mass is 10.0. The van der Waals surface area contributed by atoms with Crippen LogP contribution in [0.1, 0.15) is 33.5 Å². The molecule has 0 bridgehead atoms. The molecule has 1 aliphatic rings. The molecule has 108 valence electrons. The summed E-state index contributed by atoms with van der Waals surface area (Å²) in [6.07, 6.45) is 2.27. The molecule has 0 aromatic heterocycles. The molecule has 0 saturated heterocycles. The summed E-state index contributed by atoms with van der Waals surface area (Å²) in [5, 5.41) is 6.40. The number of nitrogens with one attached hydrogen (secondary N) is 2. The van der Waals surface area contributed by atoms with Gasteiger partial charge in [-0.15, -0.1) is 0 Å². The number of carbonyl (C=O) groups excluding carboxylic acids is 1. The SMILES string of the molecule is Cc1cccc(C)c1C(=O)Nc1ccc2c(c1)NCCC2. The topological polar surface area (TPSA) is 41.1 Å². The second-order valence-corrected chi connectivity index (χ2v) is 5.62. The average Bonchev–Trinajstić information content (AvgIpc) is 2.47. The molecule has 0 saturated carbocycles. The Morgan fingerprint density at radius 2 is 1.90 bits per heavy atom. The Kier molecular flexibility index (Phi) is 3.65. The Morgan fingerprint density at radius 3 is 2.67 bits per heavy atom. The maximum atomic E-state index is 12.5. The minimum atomic E-state index is -0.0404. The molecule has 0 fully saturated rings. The van der Waals surface area contributed by atoms with E-state index in [1.54, 1.807) is 0 Å². The van der Waals surface area contributed by atoms with Crippen LogP contribution in [0.5, 0.6) is 0 Å². The predicted octanol–water partition coefficient (Wildman–Crippen LogP) is 3.91. The number of hydrogen-bond acceptors (Lipinski definition) is 2. The van der Waals surface area contributed by atoms with E-state index >= 15 is 0 Å². The summed E-state index contributed by atoms with van der Waals surface area (Å²) in [4.78, 5) is 12.5. The first-order chi connectivity index (χ1) is 10.1. The number of rotatable bonds is 2. The van der Waals surface area contributed by atoms with Crippen LogP contribution in [0.4, 0.5) is 11.4 Å². The van der Waals surface area contributed by atoms with Gasteiger partial charge in [0, 0.05) is 23.5 Å². The van der Waals surface area contributed by atoms with Crippen LogP contribution in [0, 0.1) is 13.8 Å². The summed E-state index contributed by atoms with van der Waals surface area (Å²) < 4.78 is 0. The largest absolute Gasteiger partial charge is 0.385 e. The lowest BCUT2D eigenvalue weighted by molar-refractivity contribution is 0.102. The summed E-state index contributed by atoms with van der Waals surface area (Å²) in [6.45, 7) is 4.94. The van der Waals surface area contributed by atoms with Crippen molar-refractivity contribution in [2.45, 2.75) is 26.7 Å². The third-order valence-corrected chi connectivity index (χ3v) is 4.01. The molecule has 2 aromatic rings. The highest BCUT2D eigenvalue weighted by atomic mass is 16.1. The fourth-order valence-electron chi connectivity index (χ4n) is 2.90. The lowest BCUT2D eigenvalue weighted by Gasteiger charge is -2.19. The molecule has 0 atom stereocenters. The van der Waals surface area contributed by atoms with Crippen LogP contribution in [-0.2, 0) is 6.42 Å². The Bertz CT molecular complexity index is 671. The summed E-state index contributed by atoms with van der Waals surface area (Å²) >= 11 is 0. The monoisotopic (exact) mass is 280 g/mol. The van der Waals surface area contributed by atoms with E-state index < -0.39 is 0 Å². The molecule has 1 heterocycles. The smallest absolute Gasteiger partial charge is 0.256 e. The minimum Gasteiger partial charge on any atom is -0.385 e. The van der Waals surface area contributed by atoms with Crippen molar-refractivity contribution in [1.82, 2.24) is 0 Å². The maximum absolute atomic E-state index is 12.5. The van der Waals surface area contributed by atoms with Crippen molar-refractivity contribution in [2.75, 3.05) is 17.2 Å². The van der Waals surface area contributed by atoms with Crippen LogP contribution < -0.4 is 10.6 Å². The summed E-state index contributed by atoms with van der Waals surface area (Å²) in [5.41, 5.74) is 6.08. The van der Waals surface area contributed by atoms with Crippen molar-refractivity contribution in [2.24, 2.45) is 0 Å². The van der Waals surface area contributed by atoms with Crippen molar-refractivity contribution in [3.8, 4) is 0 Å². The van der Waals surface area contributed by atoms with E-state index in [1.165, 1.54) is 12.0 Å². The predicted molar refractivity (Wildman–Crippen MR) is 87.1 cm³/mol. The van der Waals surface area contributed by atoms with Gasteiger partial charge < -0.3 is 10.6 Å². The van der Waals surface area contributed by atoms with Gasteiger partial charge in [-0.1, -0.05) is 24.3 Å². The maximum Gasteiger partial charge on any atom is 0.256 e. The molecule has 21 heavy (non-hydrogen) atoms. The second-order valence-electron chi connectivity index (χ2n) is 5.62. The molecule has 3 nitrogen and oxygen atoms in total. The minimum absolute atomic E-state index is 0.0404. The highest BCUT2D eigenvalue weighted by Gasteiger charge is 2.14. The molecule has 3 rings (SSSR count). The van der Waals surface area contributed by atoms with Crippen LogP contribution in [-0.4, -0.2) is 12.5 Å². The van der Waals surface area contributed by atoms with Crippen molar-refractivity contribution in [1.29, 1.82) is 0 Å². The van der Waals surface area contributed by atoms with Gasteiger partial charge in [0.05, 0.1) is 0 Å². The molecule has 0 aliphatic carbocycles. The molecular weight excluding hydrogens is 260 g/mol. The number of benzene rings is 2. The van der Waals surface area contributed by atoms with Crippen molar-refractivity contribution in [3.63, 3.8) is 0 Å². The van der Waals surface area contributed by atoms with Crippen LogP contribution in [0.25, 0.3) is 0 Å². The van der Waals surface area contributed by atoms with Gasteiger partial charge in [-0.3, -0.25) is 4.79 Å². The third kappa shape index (κ3) is 2.77. The van der Waals surface area contributed by atoms with Crippen LogP contribution in [0.15, 0.2) is 36.4 Å². The molecule has 2 N–H and O–H groups in total. The third-order valence-electron chi connectivity index (χ3n) is 4.01. The summed E-state index contributed by atoms with van der Waals surface area (Å²) in [5.74, 6) is -0.0404. The van der Waals surface area contributed by atoms with E-state index in [-0.39, 0.29) is 5.91 Å². The van der Waals surface area contributed by atoms with E-state index in [4.69, 9.17) is 0 Å². The molecule has 1 aliphatic heterocycles. The summed E-state index contributed by atoms with van der Waals surface area (Å²) in [7, 11) is 0. The fourth-order valence-corrected chi connectivity index (χ4v) is 2.90. The average molecular weight is 280 g/mol. The second kappa shape index (κ2) is 5.60. The number of aryl methyl sites for hydroxylation is 3. The number of carbonyl (C=O) groups is 1. The molecule has 2 aromatic carbocycles. The lowest BCUT2D eigenvalue weighted by Crippen LogP contribution is -2.16. The van der Waals surface area contributed by atoms with Crippen LogP contribution >= 0.6 is 0 Å². The number of fused-ring (bicyclic) bond motifs is 1. The highest BCUT2D eigenvalue weighted by molar-refractivity contribution is 6.06. The quantitative estimate of drug-likeness (QED) is 0.875. The van der Waals surface area contributed by atoms with Crippen LogP contribution in [0.2, 0.25) is 0 Å². The zero-order valence-corrected chi connectivity index (χ0v) is 12.5. The molecule has 1 amide bonds. The van der Waals surface area contributed by atoms with E-state index in [2.05, 4.69) is 16.7 Å². The summed E-state index contributed by atoms with van der Waals surface area (Å²) in [6, 6.07) is 12.0. The van der Waals surface area contributed by atoms with E-state index in [9.17, 15) is 4.79 Å². The van der Waals surface area contributed by atoms with Gasteiger partial charge in [0.25, 0.3) is 5.91 Å².